The van der Waals surface area contributed by atoms with Crippen molar-refractivity contribution in [1.82, 2.24) is 4.90 Å². The van der Waals surface area contributed by atoms with Crippen LogP contribution >= 0.6 is 35.1 Å². The Labute approximate surface area is 220 Å². The monoisotopic (exact) mass is 532 g/mol. The minimum atomic E-state index is -0.457. The fourth-order valence-electron chi connectivity index (χ4n) is 3.79. The van der Waals surface area contributed by atoms with E-state index in [1.807, 2.05) is 42.5 Å². The van der Waals surface area contributed by atoms with Gasteiger partial charge >= 0.3 is 0 Å². The lowest BCUT2D eigenvalue weighted by atomic mass is 10.1. The first-order valence-corrected chi connectivity index (χ1v) is 12.8. The summed E-state index contributed by atoms with van der Waals surface area (Å²) in [7, 11) is 0. The third-order valence-electron chi connectivity index (χ3n) is 5.55. The summed E-state index contributed by atoms with van der Waals surface area (Å²) in [6.07, 6.45) is 1.52. The van der Waals surface area contributed by atoms with Crippen LogP contribution in [0.2, 0.25) is 5.02 Å². The average molecular weight is 533 g/mol. The SMILES string of the molecule is O=C1S/C(=C\c2ccc(Sc3ccc(Cl)cc3)c([N+](=O)[O-])c2)C(=O)N1Cc1ccc2ccccc2c1. The van der Waals surface area contributed by atoms with Crippen LogP contribution in [0.1, 0.15) is 11.1 Å². The average Bonchev–Trinajstić information content (AvgIpc) is 3.13. The van der Waals surface area contributed by atoms with Crippen LogP contribution in [0.3, 0.4) is 0 Å². The number of fused-ring (bicyclic) bond motifs is 1. The Morgan fingerprint density at radius 1 is 0.944 bits per heavy atom. The molecule has 0 atom stereocenters. The van der Waals surface area contributed by atoms with Crippen molar-refractivity contribution >= 4 is 68.8 Å². The van der Waals surface area contributed by atoms with E-state index >= 15 is 0 Å². The number of hydrogen-bond acceptors (Lipinski definition) is 6. The summed E-state index contributed by atoms with van der Waals surface area (Å²) in [4.78, 5) is 39.6. The zero-order chi connectivity index (χ0) is 25.2. The molecule has 0 bridgehead atoms. The number of nitro benzene ring substituents is 1. The van der Waals surface area contributed by atoms with E-state index in [0.717, 1.165) is 33.0 Å². The number of nitrogens with zero attached hydrogens (tertiary/aromatic N) is 2. The van der Waals surface area contributed by atoms with Crippen LogP contribution < -0.4 is 0 Å². The third kappa shape index (κ3) is 5.16. The molecule has 2 amide bonds. The zero-order valence-electron chi connectivity index (χ0n) is 18.6. The molecule has 0 aromatic heterocycles. The van der Waals surface area contributed by atoms with Gasteiger partial charge in [-0.2, -0.15) is 0 Å². The molecular weight excluding hydrogens is 516 g/mol. The standard InChI is InChI=1S/C27H17ClN2O4S2/c28-21-8-10-22(11-9-21)35-24-12-6-17(14-23(24)30(33)34)15-25-26(31)29(27(32)36-25)16-18-5-7-19-3-1-2-4-20(19)13-18/h1-15H,16H2/b25-15-. The molecule has 0 N–H and O–H groups in total. The van der Waals surface area contributed by atoms with Crippen LogP contribution in [0, 0.1) is 10.1 Å². The van der Waals surface area contributed by atoms with Crippen LogP contribution in [0.15, 0.2) is 99.6 Å². The second-order valence-electron chi connectivity index (χ2n) is 7.99. The van der Waals surface area contributed by atoms with E-state index in [9.17, 15) is 19.7 Å². The Morgan fingerprint density at radius 2 is 1.69 bits per heavy atom. The normalized spacial score (nSPS) is 14.7. The quantitative estimate of drug-likeness (QED) is 0.143. The highest BCUT2D eigenvalue weighted by Gasteiger charge is 2.35. The first-order chi connectivity index (χ1) is 17.4. The van der Waals surface area contributed by atoms with Crippen molar-refractivity contribution in [2.75, 3.05) is 0 Å². The number of halogens is 1. The van der Waals surface area contributed by atoms with Crippen LogP contribution in [-0.4, -0.2) is 21.0 Å². The number of amides is 2. The summed E-state index contributed by atoms with van der Waals surface area (Å²) in [5, 5.41) is 14.1. The van der Waals surface area contributed by atoms with Crippen molar-refractivity contribution in [2.24, 2.45) is 0 Å². The summed E-state index contributed by atoms with van der Waals surface area (Å²) in [5.74, 6) is -0.416. The highest BCUT2D eigenvalue weighted by Crippen LogP contribution is 2.38. The van der Waals surface area contributed by atoms with Gasteiger partial charge in [0.05, 0.1) is 21.3 Å². The minimum absolute atomic E-state index is 0.0842. The molecular formula is C27H17ClN2O4S2. The maximum Gasteiger partial charge on any atom is 0.293 e. The van der Waals surface area contributed by atoms with Crippen LogP contribution in [-0.2, 0) is 11.3 Å². The Bertz CT molecular complexity index is 1550. The molecule has 9 heteroatoms. The van der Waals surface area contributed by atoms with Crippen LogP contribution in [0.25, 0.3) is 16.8 Å². The maximum atomic E-state index is 13.0. The number of rotatable bonds is 6. The van der Waals surface area contributed by atoms with E-state index in [2.05, 4.69) is 0 Å². The predicted octanol–water partition coefficient (Wildman–Crippen LogP) is 7.79. The van der Waals surface area contributed by atoms with Crippen molar-refractivity contribution in [3.05, 3.63) is 116 Å². The Balaban J connectivity index is 1.37. The summed E-state index contributed by atoms with van der Waals surface area (Å²) in [6.45, 7) is 0.156. The molecule has 178 valence electrons. The van der Waals surface area contributed by atoms with Gasteiger partial charge in [0.25, 0.3) is 16.8 Å². The molecule has 0 unspecified atom stereocenters. The van der Waals surface area contributed by atoms with Gasteiger partial charge < -0.3 is 0 Å². The van der Waals surface area contributed by atoms with Gasteiger partial charge in [0, 0.05) is 16.0 Å². The molecule has 4 aromatic carbocycles. The molecule has 36 heavy (non-hydrogen) atoms. The molecule has 4 aromatic rings. The Hall–Kier alpha value is -3.59. The summed E-state index contributed by atoms with van der Waals surface area (Å²) in [5.41, 5.74) is 1.23. The van der Waals surface area contributed by atoms with E-state index in [-0.39, 0.29) is 22.4 Å². The zero-order valence-corrected chi connectivity index (χ0v) is 21.0. The Kier molecular flexibility index (Phi) is 6.82. The molecule has 1 heterocycles. The lowest BCUT2D eigenvalue weighted by Gasteiger charge is -2.13. The molecule has 5 rings (SSSR count). The number of imide groups is 1. The molecule has 0 saturated carbocycles. The first kappa shape index (κ1) is 24.1. The number of thioether (sulfide) groups is 1. The number of benzene rings is 4. The van der Waals surface area contributed by atoms with E-state index in [1.54, 1.807) is 36.4 Å². The Morgan fingerprint density at radius 3 is 2.44 bits per heavy atom. The van der Waals surface area contributed by atoms with Gasteiger partial charge in [0.1, 0.15) is 0 Å². The summed E-state index contributed by atoms with van der Waals surface area (Å²) < 4.78 is 0. The van der Waals surface area contributed by atoms with Gasteiger partial charge in [0.15, 0.2) is 0 Å². The molecule has 6 nitrogen and oxygen atoms in total. The van der Waals surface area contributed by atoms with E-state index in [0.29, 0.717) is 15.5 Å². The van der Waals surface area contributed by atoms with Gasteiger partial charge in [-0.1, -0.05) is 65.8 Å². The predicted molar refractivity (Wildman–Crippen MR) is 144 cm³/mol. The van der Waals surface area contributed by atoms with Gasteiger partial charge in [-0.3, -0.25) is 24.6 Å². The second-order valence-corrected chi connectivity index (χ2v) is 10.5. The highest BCUT2D eigenvalue weighted by atomic mass is 35.5. The van der Waals surface area contributed by atoms with Crippen molar-refractivity contribution in [3.8, 4) is 0 Å². The van der Waals surface area contributed by atoms with Crippen LogP contribution in [0.4, 0.5) is 10.5 Å². The number of hydrogen-bond donors (Lipinski definition) is 0. The fourth-order valence-corrected chi connectivity index (χ4v) is 5.65. The topological polar surface area (TPSA) is 80.5 Å². The molecule has 0 radical (unpaired) electrons. The van der Waals surface area contributed by atoms with Crippen molar-refractivity contribution in [2.45, 2.75) is 16.3 Å². The maximum absolute atomic E-state index is 13.0. The largest absolute Gasteiger partial charge is 0.293 e. The smallest absolute Gasteiger partial charge is 0.268 e. The van der Waals surface area contributed by atoms with Crippen LogP contribution in [0.5, 0.6) is 0 Å². The molecule has 1 aliphatic rings. The van der Waals surface area contributed by atoms with E-state index < -0.39 is 10.8 Å². The van der Waals surface area contributed by atoms with Crippen molar-refractivity contribution in [3.63, 3.8) is 0 Å². The highest BCUT2D eigenvalue weighted by molar-refractivity contribution is 8.18. The molecule has 1 fully saturated rings. The fraction of sp³-hybridized carbons (Fsp3) is 0.0370. The lowest BCUT2D eigenvalue weighted by Crippen LogP contribution is -2.27. The van der Waals surface area contributed by atoms with Gasteiger partial charge in [-0.05, 0) is 76.1 Å². The first-order valence-electron chi connectivity index (χ1n) is 10.8. The number of carbonyl (C=O) groups is 2. The van der Waals surface area contributed by atoms with Gasteiger partial charge in [0.2, 0.25) is 0 Å². The van der Waals surface area contributed by atoms with E-state index in [4.69, 9.17) is 11.6 Å². The number of carbonyl (C=O) groups excluding carboxylic acids is 2. The van der Waals surface area contributed by atoms with Gasteiger partial charge in [-0.25, -0.2) is 0 Å². The lowest BCUT2D eigenvalue weighted by molar-refractivity contribution is -0.387. The van der Waals surface area contributed by atoms with Gasteiger partial charge in [-0.15, -0.1) is 0 Å². The molecule has 1 saturated heterocycles. The van der Waals surface area contributed by atoms with Crippen molar-refractivity contribution < 1.29 is 14.5 Å². The summed E-state index contributed by atoms with van der Waals surface area (Å²) in [6, 6.07) is 25.5. The summed E-state index contributed by atoms with van der Waals surface area (Å²) >= 11 is 8.00. The van der Waals surface area contributed by atoms with Crippen molar-refractivity contribution in [1.29, 1.82) is 0 Å². The second kappa shape index (κ2) is 10.2. The van der Waals surface area contributed by atoms with E-state index in [1.165, 1.54) is 28.8 Å². The minimum Gasteiger partial charge on any atom is -0.268 e. The number of nitro groups is 1. The molecule has 0 aliphatic carbocycles. The molecule has 0 spiro atoms. The molecule has 1 aliphatic heterocycles. The third-order valence-corrected chi connectivity index (χ3v) is 7.78.